The zero-order chi connectivity index (χ0) is 12.7. The van der Waals surface area contributed by atoms with Gasteiger partial charge in [0.05, 0.1) is 6.54 Å². The van der Waals surface area contributed by atoms with Crippen LogP contribution in [0.25, 0.3) is 0 Å². The summed E-state index contributed by atoms with van der Waals surface area (Å²) in [6.07, 6.45) is 4.47. The molecular formula is C13H26N2O2. The van der Waals surface area contributed by atoms with Crippen LogP contribution in [-0.4, -0.2) is 59.6 Å². The van der Waals surface area contributed by atoms with E-state index in [0.717, 1.165) is 38.9 Å². The first-order valence-electron chi connectivity index (χ1n) is 6.85. The highest BCUT2D eigenvalue weighted by Crippen LogP contribution is 2.16. The third kappa shape index (κ3) is 5.04. The average molecular weight is 242 g/mol. The molecular weight excluding hydrogens is 216 g/mol. The smallest absolute Gasteiger partial charge is 0.317 e. The Bertz CT molecular complexity index is 225. The third-order valence-corrected chi connectivity index (χ3v) is 3.46. The molecule has 100 valence electrons. The van der Waals surface area contributed by atoms with Crippen LogP contribution >= 0.6 is 0 Å². The summed E-state index contributed by atoms with van der Waals surface area (Å²) >= 11 is 0. The van der Waals surface area contributed by atoms with Crippen LogP contribution in [0.1, 0.15) is 39.5 Å². The average Bonchev–Trinajstić information content (AvgIpc) is 2.29. The number of rotatable bonds is 7. The van der Waals surface area contributed by atoms with Crippen LogP contribution in [0.5, 0.6) is 0 Å². The highest BCUT2D eigenvalue weighted by atomic mass is 16.4. The summed E-state index contributed by atoms with van der Waals surface area (Å²) in [6.45, 7) is 8.86. The van der Waals surface area contributed by atoms with E-state index in [1.54, 1.807) is 0 Å². The van der Waals surface area contributed by atoms with Gasteiger partial charge < -0.3 is 10.0 Å². The van der Waals surface area contributed by atoms with Crippen molar-refractivity contribution in [2.24, 2.45) is 0 Å². The SMILES string of the molecule is CCCN1CCC(N(CCC)CC(=O)O)CC1. The van der Waals surface area contributed by atoms with Crippen LogP contribution in [0.15, 0.2) is 0 Å². The molecule has 1 saturated heterocycles. The van der Waals surface area contributed by atoms with Gasteiger partial charge in [0.25, 0.3) is 0 Å². The molecule has 0 aromatic rings. The van der Waals surface area contributed by atoms with Gasteiger partial charge in [0.15, 0.2) is 0 Å². The maximum absolute atomic E-state index is 10.8. The van der Waals surface area contributed by atoms with Gasteiger partial charge in [-0.2, -0.15) is 0 Å². The van der Waals surface area contributed by atoms with Gasteiger partial charge in [-0.25, -0.2) is 0 Å². The molecule has 17 heavy (non-hydrogen) atoms. The first-order valence-corrected chi connectivity index (χ1v) is 6.85. The van der Waals surface area contributed by atoms with Crippen molar-refractivity contribution < 1.29 is 9.90 Å². The van der Waals surface area contributed by atoms with Crippen molar-refractivity contribution in [3.8, 4) is 0 Å². The number of hydrogen-bond acceptors (Lipinski definition) is 3. The summed E-state index contributed by atoms with van der Waals surface area (Å²) in [7, 11) is 0. The molecule has 1 aliphatic rings. The second-order valence-electron chi connectivity index (χ2n) is 4.94. The van der Waals surface area contributed by atoms with E-state index in [2.05, 4.69) is 23.6 Å². The molecule has 1 heterocycles. The number of aliphatic carboxylic acids is 1. The van der Waals surface area contributed by atoms with Gasteiger partial charge in [-0.1, -0.05) is 13.8 Å². The monoisotopic (exact) mass is 242 g/mol. The van der Waals surface area contributed by atoms with E-state index in [4.69, 9.17) is 5.11 Å². The number of carboxylic acid groups (broad SMARTS) is 1. The fourth-order valence-electron chi connectivity index (χ4n) is 2.68. The van der Waals surface area contributed by atoms with E-state index in [1.165, 1.54) is 13.0 Å². The molecule has 4 nitrogen and oxygen atoms in total. The molecule has 0 aromatic heterocycles. The lowest BCUT2D eigenvalue weighted by Crippen LogP contribution is -2.47. The molecule has 1 aliphatic heterocycles. The minimum Gasteiger partial charge on any atom is -0.480 e. The summed E-state index contributed by atoms with van der Waals surface area (Å²) in [4.78, 5) is 15.5. The minimum atomic E-state index is -0.700. The molecule has 0 radical (unpaired) electrons. The van der Waals surface area contributed by atoms with E-state index >= 15 is 0 Å². The maximum Gasteiger partial charge on any atom is 0.317 e. The molecule has 0 atom stereocenters. The van der Waals surface area contributed by atoms with E-state index in [0.29, 0.717) is 6.04 Å². The van der Waals surface area contributed by atoms with Gasteiger partial charge in [-0.05, 0) is 51.9 Å². The fourth-order valence-corrected chi connectivity index (χ4v) is 2.68. The fraction of sp³-hybridized carbons (Fsp3) is 0.923. The van der Waals surface area contributed by atoms with Gasteiger partial charge in [-0.3, -0.25) is 9.69 Å². The summed E-state index contributed by atoms with van der Waals surface area (Å²) in [6, 6.07) is 0.471. The molecule has 1 N–H and O–H groups in total. The Morgan fingerprint density at radius 2 is 1.94 bits per heavy atom. The Kier molecular flexibility index (Phi) is 6.52. The Balaban J connectivity index is 2.39. The quantitative estimate of drug-likeness (QED) is 0.737. The molecule has 0 saturated carbocycles. The number of nitrogens with zero attached hydrogens (tertiary/aromatic N) is 2. The second-order valence-corrected chi connectivity index (χ2v) is 4.94. The van der Waals surface area contributed by atoms with Crippen molar-refractivity contribution in [3.63, 3.8) is 0 Å². The van der Waals surface area contributed by atoms with Gasteiger partial charge in [0.2, 0.25) is 0 Å². The van der Waals surface area contributed by atoms with Crippen LogP contribution in [0, 0.1) is 0 Å². The van der Waals surface area contributed by atoms with Gasteiger partial charge >= 0.3 is 5.97 Å². The van der Waals surface area contributed by atoms with E-state index in [9.17, 15) is 4.79 Å². The minimum absolute atomic E-state index is 0.201. The summed E-state index contributed by atoms with van der Waals surface area (Å²) in [5, 5.41) is 8.93. The van der Waals surface area contributed by atoms with Crippen LogP contribution in [0.2, 0.25) is 0 Å². The largest absolute Gasteiger partial charge is 0.480 e. The Morgan fingerprint density at radius 3 is 2.41 bits per heavy atom. The molecule has 0 amide bonds. The maximum atomic E-state index is 10.8. The summed E-state index contributed by atoms with van der Waals surface area (Å²) < 4.78 is 0. The molecule has 0 unspecified atom stereocenters. The zero-order valence-electron chi connectivity index (χ0n) is 11.2. The number of carboxylic acids is 1. The lowest BCUT2D eigenvalue weighted by Gasteiger charge is -2.37. The predicted octanol–water partition coefficient (Wildman–Crippen LogP) is 1.66. The van der Waals surface area contributed by atoms with Crippen molar-refractivity contribution in [2.45, 2.75) is 45.6 Å². The first kappa shape index (κ1) is 14.5. The highest BCUT2D eigenvalue weighted by Gasteiger charge is 2.24. The lowest BCUT2D eigenvalue weighted by molar-refractivity contribution is -0.139. The standard InChI is InChI=1S/C13H26N2O2/c1-3-7-14-9-5-12(6-10-14)15(8-4-2)11-13(16)17/h12H,3-11H2,1-2H3,(H,16,17). The predicted molar refractivity (Wildman–Crippen MR) is 69.3 cm³/mol. The van der Waals surface area contributed by atoms with Crippen LogP contribution in [0.3, 0.4) is 0 Å². The van der Waals surface area contributed by atoms with Crippen molar-refractivity contribution in [3.05, 3.63) is 0 Å². The molecule has 0 aliphatic carbocycles. The molecule has 1 fully saturated rings. The number of piperidine rings is 1. The Morgan fingerprint density at radius 1 is 1.29 bits per heavy atom. The Hall–Kier alpha value is -0.610. The molecule has 0 spiro atoms. The lowest BCUT2D eigenvalue weighted by atomic mass is 10.0. The van der Waals surface area contributed by atoms with Gasteiger partial charge in [0.1, 0.15) is 0 Å². The van der Waals surface area contributed by atoms with Crippen molar-refractivity contribution in [1.29, 1.82) is 0 Å². The van der Waals surface area contributed by atoms with Crippen LogP contribution < -0.4 is 0 Å². The third-order valence-electron chi connectivity index (χ3n) is 3.46. The van der Waals surface area contributed by atoms with Crippen LogP contribution in [0.4, 0.5) is 0 Å². The summed E-state index contributed by atoms with van der Waals surface area (Å²) in [5.41, 5.74) is 0. The van der Waals surface area contributed by atoms with Crippen molar-refractivity contribution in [2.75, 3.05) is 32.7 Å². The molecule has 0 aromatic carbocycles. The first-order chi connectivity index (χ1) is 8.17. The van der Waals surface area contributed by atoms with E-state index in [1.807, 2.05) is 0 Å². The van der Waals surface area contributed by atoms with Crippen LogP contribution in [-0.2, 0) is 4.79 Å². The van der Waals surface area contributed by atoms with Gasteiger partial charge in [0, 0.05) is 6.04 Å². The zero-order valence-corrected chi connectivity index (χ0v) is 11.2. The van der Waals surface area contributed by atoms with Crippen molar-refractivity contribution >= 4 is 5.97 Å². The number of hydrogen-bond donors (Lipinski definition) is 1. The number of likely N-dealkylation sites (tertiary alicyclic amines) is 1. The highest BCUT2D eigenvalue weighted by molar-refractivity contribution is 5.69. The summed E-state index contributed by atoms with van der Waals surface area (Å²) in [5.74, 6) is -0.700. The molecule has 4 heteroatoms. The molecule has 1 rings (SSSR count). The second kappa shape index (κ2) is 7.67. The Labute approximate surface area is 105 Å². The van der Waals surface area contributed by atoms with E-state index < -0.39 is 5.97 Å². The topological polar surface area (TPSA) is 43.8 Å². The number of carbonyl (C=O) groups is 1. The normalized spacial score (nSPS) is 18.8. The van der Waals surface area contributed by atoms with E-state index in [-0.39, 0.29) is 6.54 Å². The van der Waals surface area contributed by atoms with Gasteiger partial charge in [-0.15, -0.1) is 0 Å². The van der Waals surface area contributed by atoms with Crippen molar-refractivity contribution in [1.82, 2.24) is 9.80 Å². The molecule has 0 bridgehead atoms.